The fourth-order valence-electron chi connectivity index (χ4n) is 3.70. The number of para-hydroxylation sites is 1. The molecule has 2 aromatic carbocycles. The van der Waals surface area contributed by atoms with Gasteiger partial charge in [0.2, 0.25) is 0 Å². The molecule has 0 spiro atoms. The van der Waals surface area contributed by atoms with E-state index in [0.29, 0.717) is 23.6 Å². The van der Waals surface area contributed by atoms with Gasteiger partial charge in [0.1, 0.15) is 23.9 Å². The lowest BCUT2D eigenvalue weighted by Crippen LogP contribution is -2.28. The minimum absolute atomic E-state index is 0.106. The Labute approximate surface area is 197 Å². The lowest BCUT2D eigenvalue weighted by molar-refractivity contribution is 0.0788. The number of carbonyl (C=O) groups excluding carboxylic acids is 1. The third-order valence-corrected chi connectivity index (χ3v) is 5.73. The van der Waals surface area contributed by atoms with E-state index in [1.54, 1.807) is 36.2 Å². The fraction of sp³-hybridized carbons (Fsp3) is 0.269. The number of aryl methyl sites for hydroxylation is 3. The number of hydrogen-bond donors (Lipinski definition) is 1. The summed E-state index contributed by atoms with van der Waals surface area (Å²) in [4.78, 5) is 14.8. The minimum Gasteiger partial charge on any atom is -0.488 e. The average molecular weight is 463 g/mol. The lowest BCUT2D eigenvalue weighted by Gasteiger charge is -2.19. The standard InChI is InChI=1S/C26H27FN4O3/c1-17-23(18(2)34-30-17)16-33-25-9-5-4-8-22(25)26(32)31(3)14-6-7-21-15-24(29-28-21)19-10-12-20(27)13-11-19/h4-5,8-13,15H,6-7,14,16H2,1-3H3,(H,28,29). The first-order chi connectivity index (χ1) is 16.4. The summed E-state index contributed by atoms with van der Waals surface area (Å²) >= 11 is 0. The van der Waals surface area contributed by atoms with Crippen LogP contribution in [0.3, 0.4) is 0 Å². The smallest absolute Gasteiger partial charge is 0.257 e. The molecule has 2 aromatic heterocycles. The second kappa shape index (κ2) is 10.3. The van der Waals surface area contributed by atoms with Crippen LogP contribution in [-0.2, 0) is 13.0 Å². The van der Waals surface area contributed by atoms with Crippen molar-refractivity contribution in [1.82, 2.24) is 20.3 Å². The summed E-state index contributed by atoms with van der Waals surface area (Å²) in [5, 5.41) is 11.3. The molecule has 0 saturated heterocycles. The van der Waals surface area contributed by atoms with Gasteiger partial charge in [-0.25, -0.2) is 4.39 Å². The molecule has 0 atom stereocenters. The maximum atomic E-state index is 13.1. The number of amides is 1. The number of halogens is 1. The largest absolute Gasteiger partial charge is 0.488 e. The van der Waals surface area contributed by atoms with Crippen LogP contribution in [0.25, 0.3) is 11.3 Å². The number of aromatic nitrogens is 3. The maximum Gasteiger partial charge on any atom is 0.257 e. The van der Waals surface area contributed by atoms with Crippen LogP contribution in [0.4, 0.5) is 4.39 Å². The molecule has 0 saturated carbocycles. The van der Waals surface area contributed by atoms with Gasteiger partial charge in [0.05, 0.1) is 22.5 Å². The van der Waals surface area contributed by atoms with Crippen molar-refractivity contribution in [3.8, 4) is 17.0 Å². The summed E-state index contributed by atoms with van der Waals surface area (Å²) in [5.41, 5.74) is 4.75. The number of H-pyrrole nitrogens is 1. The second-order valence-electron chi connectivity index (χ2n) is 8.20. The predicted octanol–water partition coefficient (Wildman–Crippen LogP) is 5.10. The SMILES string of the molecule is Cc1noc(C)c1COc1ccccc1C(=O)N(C)CCCc1cc(-c2ccc(F)cc2)n[nH]1. The van der Waals surface area contributed by atoms with E-state index in [4.69, 9.17) is 9.26 Å². The molecule has 0 unspecified atom stereocenters. The summed E-state index contributed by atoms with van der Waals surface area (Å²) in [7, 11) is 1.78. The summed E-state index contributed by atoms with van der Waals surface area (Å²) in [5.74, 6) is 0.852. The fourth-order valence-corrected chi connectivity index (χ4v) is 3.70. The Hall–Kier alpha value is -3.94. The summed E-state index contributed by atoms with van der Waals surface area (Å²) < 4.78 is 24.3. The zero-order valence-corrected chi connectivity index (χ0v) is 19.5. The van der Waals surface area contributed by atoms with Gasteiger partial charge in [-0.2, -0.15) is 5.10 Å². The number of aromatic amines is 1. The van der Waals surface area contributed by atoms with Crippen molar-refractivity contribution in [3.05, 3.63) is 88.7 Å². The van der Waals surface area contributed by atoms with Crippen LogP contribution in [-0.4, -0.2) is 39.8 Å². The first kappa shape index (κ1) is 23.2. The predicted molar refractivity (Wildman–Crippen MR) is 126 cm³/mol. The van der Waals surface area contributed by atoms with Crippen LogP contribution >= 0.6 is 0 Å². The number of rotatable bonds is 9. The Morgan fingerprint density at radius 3 is 2.65 bits per heavy atom. The van der Waals surface area contributed by atoms with Crippen LogP contribution in [0, 0.1) is 19.7 Å². The molecule has 0 fully saturated rings. The number of hydrogen-bond acceptors (Lipinski definition) is 5. The number of nitrogens with zero attached hydrogens (tertiary/aromatic N) is 3. The van der Waals surface area contributed by atoms with Crippen LogP contribution in [0.1, 0.15) is 39.5 Å². The first-order valence-electron chi connectivity index (χ1n) is 11.1. The molecule has 0 radical (unpaired) electrons. The van der Waals surface area contributed by atoms with Crippen molar-refractivity contribution >= 4 is 5.91 Å². The van der Waals surface area contributed by atoms with E-state index in [1.165, 1.54) is 12.1 Å². The molecular formula is C26H27FN4O3. The van der Waals surface area contributed by atoms with Gasteiger partial charge in [0.25, 0.3) is 5.91 Å². The highest BCUT2D eigenvalue weighted by Crippen LogP contribution is 2.23. The van der Waals surface area contributed by atoms with Crippen LogP contribution < -0.4 is 4.74 Å². The summed E-state index contributed by atoms with van der Waals surface area (Å²) in [6, 6.07) is 15.4. The van der Waals surface area contributed by atoms with Gasteiger partial charge in [-0.15, -0.1) is 0 Å². The monoisotopic (exact) mass is 462 g/mol. The molecule has 34 heavy (non-hydrogen) atoms. The Kier molecular flexibility index (Phi) is 7.06. The molecule has 0 aliphatic heterocycles. The summed E-state index contributed by atoms with van der Waals surface area (Å²) in [6.45, 7) is 4.56. The van der Waals surface area contributed by atoms with Gasteiger partial charge < -0.3 is 14.2 Å². The van der Waals surface area contributed by atoms with Gasteiger partial charge in [-0.05, 0) is 69.2 Å². The van der Waals surface area contributed by atoms with Gasteiger partial charge in [0, 0.05) is 24.8 Å². The molecule has 7 nitrogen and oxygen atoms in total. The van der Waals surface area contributed by atoms with Crippen molar-refractivity contribution in [2.45, 2.75) is 33.3 Å². The number of benzene rings is 2. The molecule has 8 heteroatoms. The van der Waals surface area contributed by atoms with Crippen molar-refractivity contribution in [2.75, 3.05) is 13.6 Å². The molecule has 176 valence electrons. The highest BCUT2D eigenvalue weighted by molar-refractivity contribution is 5.96. The van der Waals surface area contributed by atoms with E-state index >= 15 is 0 Å². The Morgan fingerprint density at radius 1 is 1.15 bits per heavy atom. The highest BCUT2D eigenvalue weighted by Gasteiger charge is 2.18. The third kappa shape index (κ3) is 5.33. The topological polar surface area (TPSA) is 84.2 Å². The Balaban J connectivity index is 1.33. The molecule has 4 rings (SSSR count). The van der Waals surface area contributed by atoms with Gasteiger partial charge in [0.15, 0.2) is 0 Å². The Morgan fingerprint density at radius 2 is 1.91 bits per heavy atom. The molecule has 2 heterocycles. The van der Waals surface area contributed by atoms with Gasteiger partial charge in [-0.3, -0.25) is 9.89 Å². The highest BCUT2D eigenvalue weighted by atomic mass is 19.1. The molecule has 1 amide bonds. The number of ether oxygens (including phenoxy) is 1. The van der Waals surface area contributed by atoms with E-state index < -0.39 is 0 Å². The molecule has 1 N–H and O–H groups in total. The Bertz CT molecular complexity index is 1240. The molecule has 0 aliphatic rings. The number of carbonyl (C=O) groups is 1. The van der Waals surface area contributed by atoms with Crippen molar-refractivity contribution in [1.29, 1.82) is 0 Å². The lowest BCUT2D eigenvalue weighted by atomic mass is 10.1. The molecule has 0 bridgehead atoms. The van der Waals surface area contributed by atoms with Gasteiger partial charge >= 0.3 is 0 Å². The average Bonchev–Trinajstić information content (AvgIpc) is 3.44. The summed E-state index contributed by atoms with van der Waals surface area (Å²) in [6.07, 6.45) is 1.49. The second-order valence-corrected chi connectivity index (χ2v) is 8.20. The maximum absolute atomic E-state index is 13.1. The van der Waals surface area contributed by atoms with E-state index in [9.17, 15) is 9.18 Å². The van der Waals surface area contributed by atoms with Crippen LogP contribution in [0.2, 0.25) is 0 Å². The van der Waals surface area contributed by atoms with Crippen LogP contribution in [0.15, 0.2) is 59.1 Å². The zero-order chi connectivity index (χ0) is 24.1. The van der Waals surface area contributed by atoms with Gasteiger partial charge in [-0.1, -0.05) is 17.3 Å². The van der Waals surface area contributed by atoms with E-state index in [2.05, 4.69) is 15.4 Å². The van der Waals surface area contributed by atoms with E-state index in [1.807, 2.05) is 32.0 Å². The van der Waals surface area contributed by atoms with E-state index in [0.717, 1.165) is 41.1 Å². The van der Waals surface area contributed by atoms with E-state index in [-0.39, 0.29) is 18.3 Å². The first-order valence-corrected chi connectivity index (χ1v) is 11.1. The van der Waals surface area contributed by atoms with Crippen molar-refractivity contribution in [3.63, 3.8) is 0 Å². The molecule has 0 aliphatic carbocycles. The number of nitrogens with one attached hydrogen (secondary N) is 1. The minimum atomic E-state index is -0.275. The normalized spacial score (nSPS) is 10.9. The van der Waals surface area contributed by atoms with Crippen LogP contribution in [0.5, 0.6) is 5.75 Å². The molecular weight excluding hydrogens is 435 g/mol. The molecule has 4 aromatic rings. The quantitative estimate of drug-likeness (QED) is 0.374. The van der Waals surface area contributed by atoms with Crippen molar-refractivity contribution in [2.24, 2.45) is 0 Å². The third-order valence-electron chi connectivity index (χ3n) is 5.73. The van der Waals surface area contributed by atoms with Crippen molar-refractivity contribution < 1.29 is 18.4 Å². The zero-order valence-electron chi connectivity index (χ0n) is 19.5.